The molecule has 0 fully saturated rings. The van der Waals surface area contributed by atoms with Crippen molar-refractivity contribution in [3.05, 3.63) is 54.5 Å². The van der Waals surface area contributed by atoms with E-state index in [2.05, 4.69) is 20.7 Å². The Morgan fingerprint density at radius 2 is 2.00 bits per heavy atom. The summed E-state index contributed by atoms with van der Waals surface area (Å²) in [6.45, 7) is 2.00. The van der Waals surface area contributed by atoms with Crippen molar-refractivity contribution in [1.29, 1.82) is 0 Å². The maximum absolute atomic E-state index is 12.3. The molecule has 3 aromatic rings. The highest BCUT2D eigenvalue weighted by Gasteiger charge is 2.11. The van der Waals surface area contributed by atoms with E-state index in [1.165, 1.54) is 17.8 Å². The number of aromatic nitrogens is 3. The van der Waals surface area contributed by atoms with Crippen molar-refractivity contribution in [2.75, 3.05) is 18.5 Å². The van der Waals surface area contributed by atoms with Crippen LogP contribution in [-0.2, 0) is 4.79 Å². The first-order valence-electron chi connectivity index (χ1n) is 7.71. The van der Waals surface area contributed by atoms with Crippen LogP contribution < -0.4 is 15.4 Å². The number of pyridine rings is 1. The van der Waals surface area contributed by atoms with Gasteiger partial charge in [-0.2, -0.15) is 5.10 Å². The van der Waals surface area contributed by atoms with Gasteiger partial charge in [0.2, 0.25) is 5.91 Å². The number of carbonyl (C=O) groups excluding carboxylic acids is 2. The van der Waals surface area contributed by atoms with E-state index >= 15 is 0 Å². The van der Waals surface area contributed by atoms with Crippen LogP contribution in [0.5, 0.6) is 5.75 Å². The average molecular weight is 339 g/mol. The quantitative estimate of drug-likeness (QED) is 0.663. The Bertz CT molecular complexity index is 906. The summed E-state index contributed by atoms with van der Waals surface area (Å²) in [5.41, 5.74) is 1.59. The van der Waals surface area contributed by atoms with Crippen molar-refractivity contribution in [2.45, 2.75) is 6.92 Å². The lowest BCUT2D eigenvalue weighted by atomic mass is 10.3. The van der Waals surface area contributed by atoms with Gasteiger partial charge in [0.25, 0.3) is 5.91 Å². The van der Waals surface area contributed by atoms with Crippen LogP contribution in [0.1, 0.15) is 17.4 Å². The maximum atomic E-state index is 12.3. The molecule has 0 spiro atoms. The van der Waals surface area contributed by atoms with E-state index in [0.29, 0.717) is 29.3 Å². The Hall–Kier alpha value is -3.42. The van der Waals surface area contributed by atoms with Crippen molar-refractivity contribution < 1.29 is 14.3 Å². The van der Waals surface area contributed by atoms with Gasteiger partial charge in [-0.1, -0.05) is 18.2 Å². The van der Waals surface area contributed by atoms with Gasteiger partial charge >= 0.3 is 0 Å². The monoisotopic (exact) mass is 339 g/mol. The smallest absolute Gasteiger partial charge is 0.270 e. The van der Waals surface area contributed by atoms with E-state index < -0.39 is 0 Å². The zero-order valence-electron chi connectivity index (χ0n) is 13.6. The summed E-state index contributed by atoms with van der Waals surface area (Å²) in [6, 6.07) is 12.3. The van der Waals surface area contributed by atoms with E-state index in [9.17, 15) is 9.59 Å². The molecule has 2 aromatic heterocycles. The molecule has 0 aliphatic rings. The molecule has 0 atom stereocenters. The molecule has 8 nitrogen and oxygen atoms in total. The molecule has 0 saturated heterocycles. The number of nitrogens with one attached hydrogen (secondary N) is 2. The van der Waals surface area contributed by atoms with Crippen LogP contribution in [0.4, 0.5) is 5.69 Å². The lowest BCUT2D eigenvalue weighted by Crippen LogP contribution is -2.29. The number of amides is 2. The normalized spacial score (nSPS) is 10.4. The first kappa shape index (κ1) is 16.4. The molecule has 2 heterocycles. The zero-order chi connectivity index (χ0) is 17.6. The highest BCUT2D eigenvalue weighted by Crippen LogP contribution is 2.23. The lowest BCUT2D eigenvalue weighted by molar-refractivity contribution is -0.114. The first-order valence-corrected chi connectivity index (χ1v) is 7.71. The largest absolute Gasteiger partial charge is 0.490 e. The number of rotatable bonds is 6. The summed E-state index contributed by atoms with van der Waals surface area (Å²) in [5, 5.41) is 9.50. The van der Waals surface area contributed by atoms with Gasteiger partial charge in [0.05, 0.1) is 12.2 Å². The fraction of sp³-hybridized carbons (Fsp3) is 0.176. The molecule has 0 aliphatic heterocycles. The maximum Gasteiger partial charge on any atom is 0.270 e. The fourth-order valence-electron chi connectivity index (χ4n) is 2.32. The van der Waals surface area contributed by atoms with Crippen molar-refractivity contribution in [3.63, 3.8) is 0 Å². The summed E-state index contributed by atoms with van der Waals surface area (Å²) in [4.78, 5) is 27.5. The van der Waals surface area contributed by atoms with E-state index in [0.717, 1.165) is 0 Å². The van der Waals surface area contributed by atoms with Gasteiger partial charge in [0, 0.05) is 6.92 Å². The summed E-state index contributed by atoms with van der Waals surface area (Å²) in [7, 11) is 0. The summed E-state index contributed by atoms with van der Waals surface area (Å²) in [5.74, 6) is 0.102. The summed E-state index contributed by atoms with van der Waals surface area (Å²) < 4.78 is 7.11. The zero-order valence-corrected chi connectivity index (χ0v) is 13.6. The Morgan fingerprint density at radius 3 is 2.84 bits per heavy atom. The number of carbonyl (C=O) groups is 2. The Balaban J connectivity index is 1.56. The van der Waals surface area contributed by atoms with Gasteiger partial charge in [0.15, 0.2) is 5.65 Å². The molecule has 0 aliphatic carbocycles. The molecular weight excluding hydrogens is 322 g/mol. The molecular formula is C17H17N5O3. The number of fused-ring (bicyclic) bond motifs is 1. The van der Waals surface area contributed by atoms with Crippen LogP contribution in [0.3, 0.4) is 0 Å². The number of hydrogen-bond donors (Lipinski definition) is 2. The standard InChI is InChI=1S/C17H17N5O3/c1-12(23)21-13-5-2-3-7-15(13)25-10-9-18-17(24)14-6-4-8-16-19-11-20-22(14)16/h2-8,11H,9-10H2,1H3,(H,18,24)(H,21,23). The molecule has 0 bridgehead atoms. The van der Waals surface area contributed by atoms with E-state index in [4.69, 9.17) is 4.74 Å². The molecule has 1 aromatic carbocycles. The van der Waals surface area contributed by atoms with Crippen molar-refractivity contribution in [3.8, 4) is 5.75 Å². The van der Waals surface area contributed by atoms with Crippen LogP contribution in [0.2, 0.25) is 0 Å². The number of anilines is 1. The van der Waals surface area contributed by atoms with Gasteiger partial charge in [-0.05, 0) is 24.3 Å². The number of hydrogen-bond acceptors (Lipinski definition) is 5. The molecule has 0 unspecified atom stereocenters. The minimum absolute atomic E-state index is 0.176. The third-order valence-corrected chi connectivity index (χ3v) is 3.38. The molecule has 128 valence electrons. The average Bonchev–Trinajstić information content (AvgIpc) is 3.08. The SMILES string of the molecule is CC(=O)Nc1ccccc1OCCNC(=O)c1cccc2ncnn12. The van der Waals surface area contributed by atoms with Crippen molar-refractivity contribution >= 4 is 23.1 Å². The second-order valence-electron chi connectivity index (χ2n) is 5.22. The highest BCUT2D eigenvalue weighted by atomic mass is 16.5. The van der Waals surface area contributed by atoms with Crippen LogP contribution in [0, 0.1) is 0 Å². The number of para-hydroxylation sites is 2. The molecule has 25 heavy (non-hydrogen) atoms. The van der Waals surface area contributed by atoms with E-state index in [1.54, 1.807) is 36.4 Å². The van der Waals surface area contributed by atoms with E-state index in [-0.39, 0.29) is 18.4 Å². The molecule has 2 N–H and O–H groups in total. The fourth-order valence-corrected chi connectivity index (χ4v) is 2.32. The molecule has 0 radical (unpaired) electrons. The minimum Gasteiger partial charge on any atom is -0.490 e. The second-order valence-corrected chi connectivity index (χ2v) is 5.22. The Labute approximate surface area is 143 Å². The molecule has 0 saturated carbocycles. The summed E-state index contributed by atoms with van der Waals surface area (Å²) >= 11 is 0. The Kier molecular flexibility index (Phi) is 4.89. The van der Waals surface area contributed by atoms with Gasteiger partial charge in [-0.25, -0.2) is 9.50 Å². The number of nitrogens with zero attached hydrogens (tertiary/aromatic N) is 3. The third-order valence-electron chi connectivity index (χ3n) is 3.38. The van der Waals surface area contributed by atoms with Crippen LogP contribution in [0.25, 0.3) is 5.65 Å². The van der Waals surface area contributed by atoms with Gasteiger partial charge < -0.3 is 15.4 Å². The van der Waals surface area contributed by atoms with E-state index in [1.807, 2.05) is 6.07 Å². The Morgan fingerprint density at radius 1 is 1.16 bits per heavy atom. The van der Waals surface area contributed by atoms with Crippen molar-refractivity contribution in [1.82, 2.24) is 19.9 Å². The number of benzene rings is 1. The first-order chi connectivity index (χ1) is 12.1. The van der Waals surface area contributed by atoms with Crippen LogP contribution in [-0.4, -0.2) is 39.6 Å². The van der Waals surface area contributed by atoms with Crippen LogP contribution in [0.15, 0.2) is 48.8 Å². The predicted molar refractivity (Wildman–Crippen MR) is 91.6 cm³/mol. The van der Waals surface area contributed by atoms with Gasteiger partial charge in [-0.3, -0.25) is 9.59 Å². The lowest BCUT2D eigenvalue weighted by Gasteiger charge is -2.12. The topological polar surface area (TPSA) is 97.6 Å². The molecule has 8 heteroatoms. The number of ether oxygens (including phenoxy) is 1. The van der Waals surface area contributed by atoms with Gasteiger partial charge in [0.1, 0.15) is 24.4 Å². The van der Waals surface area contributed by atoms with Crippen LogP contribution >= 0.6 is 0 Å². The predicted octanol–water partition coefficient (Wildman–Crippen LogP) is 1.50. The second kappa shape index (κ2) is 7.43. The molecule has 3 rings (SSSR count). The third kappa shape index (κ3) is 3.92. The minimum atomic E-state index is -0.269. The highest BCUT2D eigenvalue weighted by molar-refractivity contribution is 5.93. The summed E-state index contributed by atoms with van der Waals surface area (Å²) in [6.07, 6.45) is 1.40. The van der Waals surface area contributed by atoms with Crippen molar-refractivity contribution in [2.24, 2.45) is 0 Å². The molecule has 2 amide bonds. The van der Waals surface area contributed by atoms with Gasteiger partial charge in [-0.15, -0.1) is 0 Å².